The molecule has 2 atom stereocenters. The minimum Gasteiger partial charge on any atom is -0.464 e. The topological polar surface area (TPSA) is 181 Å². The van der Waals surface area contributed by atoms with Gasteiger partial charge in [-0.3, -0.25) is 14.2 Å². The molecule has 1 amide bonds. The molecule has 14 nitrogen and oxygen atoms in total. The van der Waals surface area contributed by atoms with Gasteiger partial charge in [-0.2, -0.15) is 10.2 Å². The van der Waals surface area contributed by atoms with Crippen LogP contribution in [0.15, 0.2) is 57.7 Å². The van der Waals surface area contributed by atoms with Crippen molar-refractivity contribution in [2.75, 3.05) is 7.11 Å². The van der Waals surface area contributed by atoms with E-state index in [0.717, 1.165) is 47.9 Å². The van der Waals surface area contributed by atoms with E-state index in [2.05, 4.69) is 52.0 Å². The van der Waals surface area contributed by atoms with Gasteiger partial charge in [0.05, 0.1) is 38.8 Å². The summed E-state index contributed by atoms with van der Waals surface area (Å²) in [6, 6.07) is 9.98. The van der Waals surface area contributed by atoms with Crippen molar-refractivity contribution in [1.82, 2.24) is 38.7 Å². The number of aliphatic hydroxyl groups is 2. The van der Waals surface area contributed by atoms with Gasteiger partial charge < -0.3 is 29.8 Å². The molecular weight excluding hydrogens is 872 g/mol. The number of methoxy groups -OCH3 is 1. The lowest BCUT2D eigenvalue weighted by atomic mass is 9.75. The Morgan fingerprint density at radius 2 is 1.19 bits per heavy atom. The number of amides is 1. The zero-order valence-corrected chi connectivity index (χ0v) is 33.9. The molecule has 4 aliphatic heterocycles. The number of halogens is 4. The first kappa shape index (κ1) is 37.5. The van der Waals surface area contributed by atoms with Crippen LogP contribution in [0.2, 0.25) is 0 Å². The number of nitrogens with two attached hydrogens (primary N) is 1. The molecule has 2 unspecified atom stereocenters. The lowest BCUT2D eigenvalue weighted by Crippen LogP contribution is -2.27. The van der Waals surface area contributed by atoms with Gasteiger partial charge in [-0.15, -0.1) is 0 Å². The highest BCUT2D eigenvalue weighted by Crippen LogP contribution is 2.55. The lowest BCUT2D eigenvalue weighted by Gasteiger charge is -2.36. The number of carbonyl (C=O) groups is 2. The molecule has 2 aromatic carbocycles. The number of benzene rings is 2. The van der Waals surface area contributed by atoms with Crippen molar-refractivity contribution in [3.05, 3.63) is 115 Å². The van der Waals surface area contributed by atoms with Crippen molar-refractivity contribution in [2.45, 2.75) is 61.8 Å². The van der Waals surface area contributed by atoms with Crippen LogP contribution in [0.5, 0.6) is 0 Å². The highest BCUT2D eigenvalue weighted by Gasteiger charge is 2.45. The molecule has 2 saturated carbocycles. The summed E-state index contributed by atoms with van der Waals surface area (Å²) in [5.41, 5.74) is 10.8. The smallest absolute Gasteiger partial charge is 0.358 e. The Kier molecular flexibility index (Phi) is 9.10. The van der Waals surface area contributed by atoms with E-state index in [0.29, 0.717) is 43.4 Å². The molecule has 0 saturated heterocycles. The van der Waals surface area contributed by atoms with E-state index < -0.39 is 24.1 Å². The molecule has 2 aliphatic carbocycles. The van der Waals surface area contributed by atoms with E-state index in [9.17, 15) is 28.6 Å². The van der Waals surface area contributed by atoms with Crippen molar-refractivity contribution in [3.63, 3.8) is 0 Å². The molecule has 18 heteroatoms. The first-order valence-corrected chi connectivity index (χ1v) is 19.8. The van der Waals surface area contributed by atoms with Gasteiger partial charge in [0.2, 0.25) is 0 Å². The summed E-state index contributed by atoms with van der Waals surface area (Å²) in [6.07, 6.45) is 4.12. The van der Waals surface area contributed by atoms with Crippen molar-refractivity contribution in [2.24, 2.45) is 19.8 Å². The first-order chi connectivity index (χ1) is 27.3. The van der Waals surface area contributed by atoms with E-state index in [-0.39, 0.29) is 46.9 Å². The quantitative estimate of drug-likeness (QED) is 0.162. The molecule has 2 fully saturated rings. The number of nitrogens with zero attached hydrogens (tertiary/aromatic N) is 8. The molecule has 6 aliphatic rings. The largest absolute Gasteiger partial charge is 0.464 e. The Hall–Kier alpha value is -5.04. The Morgan fingerprint density at radius 1 is 0.772 bits per heavy atom. The summed E-state index contributed by atoms with van der Waals surface area (Å²) in [5.74, 6) is -0.461. The fourth-order valence-electron chi connectivity index (χ4n) is 8.84. The molecule has 294 valence electrons. The van der Waals surface area contributed by atoms with Gasteiger partial charge in [0.15, 0.2) is 11.4 Å². The van der Waals surface area contributed by atoms with Gasteiger partial charge in [-0.25, -0.2) is 23.5 Å². The van der Waals surface area contributed by atoms with Gasteiger partial charge >= 0.3 is 5.97 Å². The molecular formula is C39H35Br2F2N9O5. The fraction of sp³-hybridized carbons (Fsp3) is 0.333. The van der Waals surface area contributed by atoms with Crippen molar-refractivity contribution >= 4 is 43.7 Å². The average Bonchev–Trinajstić information content (AvgIpc) is 3.90. The number of primary amides is 1. The second-order valence-electron chi connectivity index (χ2n) is 14.9. The lowest BCUT2D eigenvalue weighted by molar-refractivity contribution is 0.0586. The monoisotopic (exact) mass is 905 g/mol. The standard InChI is InChI=1S/C20H18BrFN4O3.C19H17BrFN5O2/c1-25-15(3-4-23-25)18(27)17-16(20(28)29-2)24-19-12-7-13(21)14(22)8-11(12)9-5-10(6-9)26(17)19;1-25-14(2-3-23-25)17(27)16-15(18(22)28)24-19-11-6-12(20)13(21)7-10(11)8-4-9(5-8)26(16)19/h3-4,7-10,18,27H,5-6H2,1-2H3;2-3,6-9,17,27H,4-5H2,1H3,(H2,22,28). The number of hydrogen-bond donors (Lipinski definition) is 3. The van der Waals surface area contributed by atoms with Gasteiger partial charge in [-0.1, -0.05) is 0 Å². The van der Waals surface area contributed by atoms with Gasteiger partial charge in [0.1, 0.15) is 35.5 Å². The summed E-state index contributed by atoms with van der Waals surface area (Å²) in [5, 5.41) is 30.5. The summed E-state index contributed by atoms with van der Waals surface area (Å²) < 4.78 is 41.0. The number of ether oxygens (including phenoxy) is 1. The molecule has 4 aromatic heterocycles. The number of hydrogen-bond acceptors (Lipinski definition) is 9. The normalized spacial score (nSPS) is 20.5. The second kappa shape index (κ2) is 13.8. The predicted molar refractivity (Wildman–Crippen MR) is 207 cm³/mol. The molecule has 8 heterocycles. The van der Waals surface area contributed by atoms with E-state index in [1.54, 1.807) is 66.2 Å². The minimum atomic E-state index is -1.11. The van der Waals surface area contributed by atoms with Crippen LogP contribution in [-0.2, 0) is 18.8 Å². The van der Waals surface area contributed by atoms with Crippen LogP contribution in [0.4, 0.5) is 8.78 Å². The molecule has 4 bridgehead atoms. The average molecular weight is 908 g/mol. The van der Waals surface area contributed by atoms with E-state index in [1.807, 2.05) is 9.13 Å². The van der Waals surface area contributed by atoms with Crippen LogP contribution in [0.3, 0.4) is 0 Å². The molecule has 6 aromatic rings. The molecule has 57 heavy (non-hydrogen) atoms. The summed E-state index contributed by atoms with van der Waals surface area (Å²) in [7, 11) is 4.73. The number of aliphatic hydroxyl groups excluding tert-OH is 2. The highest BCUT2D eigenvalue weighted by atomic mass is 79.9. The van der Waals surface area contributed by atoms with Crippen LogP contribution in [0.1, 0.15) is 117 Å². The maximum absolute atomic E-state index is 14.2. The molecule has 0 radical (unpaired) electrons. The first-order valence-electron chi connectivity index (χ1n) is 18.2. The van der Waals surface area contributed by atoms with Crippen molar-refractivity contribution < 1.29 is 33.3 Å². The summed E-state index contributed by atoms with van der Waals surface area (Å²) >= 11 is 6.50. The zero-order valence-electron chi connectivity index (χ0n) is 30.7. The van der Waals surface area contributed by atoms with Crippen LogP contribution in [0.25, 0.3) is 22.8 Å². The number of esters is 1. The third-order valence-electron chi connectivity index (χ3n) is 11.8. The van der Waals surface area contributed by atoms with E-state index in [4.69, 9.17) is 10.5 Å². The highest BCUT2D eigenvalue weighted by molar-refractivity contribution is 9.10. The number of aryl methyl sites for hydroxylation is 2. The Bertz CT molecular complexity index is 2640. The number of imidazole rings is 2. The third kappa shape index (κ3) is 5.81. The zero-order chi connectivity index (χ0) is 40.2. The number of aromatic nitrogens is 8. The van der Waals surface area contributed by atoms with E-state index >= 15 is 0 Å². The summed E-state index contributed by atoms with van der Waals surface area (Å²) in [4.78, 5) is 33.8. The van der Waals surface area contributed by atoms with Gasteiger partial charge in [-0.05, 0) is 117 Å². The number of rotatable bonds is 6. The van der Waals surface area contributed by atoms with Crippen LogP contribution in [0, 0.1) is 11.6 Å². The Balaban J connectivity index is 0.000000148. The number of carbonyl (C=O) groups excluding carboxylic acids is 2. The van der Waals surface area contributed by atoms with Crippen LogP contribution < -0.4 is 5.73 Å². The van der Waals surface area contributed by atoms with Gasteiger partial charge in [0.25, 0.3) is 5.91 Å². The summed E-state index contributed by atoms with van der Waals surface area (Å²) in [6.45, 7) is 0. The second-order valence-corrected chi connectivity index (χ2v) is 16.6. The Morgan fingerprint density at radius 3 is 1.58 bits per heavy atom. The molecule has 12 rings (SSSR count). The van der Waals surface area contributed by atoms with Crippen molar-refractivity contribution in [1.29, 1.82) is 0 Å². The van der Waals surface area contributed by atoms with Crippen LogP contribution in [-0.4, -0.2) is 67.9 Å². The third-order valence-corrected chi connectivity index (χ3v) is 13.0. The van der Waals surface area contributed by atoms with E-state index in [1.165, 1.54) is 13.2 Å². The SMILES string of the molecule is COC(=O)c1nc2n(c1C(O)c1ccnn1C)C1CC(C1)c1cc(F)c(Br)cc1-2.Cn1nccc1C(O)c1c(C(N)=O)nc2n1C1CC(C1)c1cc(F)c(Br)cc1-2. The predicted octanol–water partition coefficient (Wildman–Crippen LogP) is 6.28. The molecule has 0 spiro atoms. The van der Waals surface area contributed by atoms with Crippen molar-refractivity contribution in [3.8, 4) is 22.8 Å². The minimum absolute atomic E-state index is 0.0282. The fourth-order valence-corrected chi connectivity index (χ4v) is 9.52. The van der Waals surface area contributed by atoms with Crippen LogP contribution >= 0.6 is 31.9 Å². The maximum atomic E-state index is 14.2. The maximum Gasteiger partial charge on any atom is 0.358 e. The Labute approximate surface area is 340 Å². The van der Waals surface area contributed by atoms with Gasteiger partial charge in [0, 0.05) is 49.7 Å². The molecule has 4 N–H and O–H groups in total.